The van der Waals surface area contributed by atoms with Gasteiger partial charge in [-0.1, -0.05) is 13.8 Å². The molecule has 0 saturated carbocycles. The van der Waals surface area contributed by atoms with Crippen molar-refractivity contribution in [3.8, 4) is 0 Å². The van der Waals surface area contributed by atoms with E-state index in [1.165, 1.54) is 35.1 Å². The lowest BCUT2D eigenvalue weighted by molar-refractivity contribution is 0.254. The zero-order valence-electron chi connectivity index (χ0n) is 13.4. The third kappa shape index (κ3) is 3.04. The van der Waals surface area contributed by atoms with Gasteiger partial charge in [0.15, 0.2) is 0 Å². The molecule has 0 fully saturated rings. The van der Waals surface area contributed by atoms with Gasteiger partial charge < -0.3 is 10.2 Å². The lowest BCUT2D eigenvalue weighted by atomic mass is 9.93. The van der Waals surface area contributed by atoms with Crippen LogP contribution >= 0.6 is 11.3 Å². The molecule has 114 valence electrons. The first kappa shape index (κ1) is 14.7. The highest BCUT2D eigenvalue weighted by atomic mass is 32.1. The molecule has 21 heavy (non-hydrogen) atoms. The van der Waals surface area contributed by atoms with Gasteiger partial charge in [-0.05, 0) is 44.3 Å². The Balaban J connectivity index is 1.84. The van der Waals surface area contributed by atoms with Gasteiger partial charge >= 0.3 is 0 Å². The van der Waals surface area contributed by atoms with Crippen molar-refractivity contribution in [2.45, 2.75) is 33.1 Å². The first-order valence-electron chi connectivity index (χ1n) is 7.60. The molecule has 0 radical (unpaired) electrons. The summed E-state index contributed by atoms with van der Waals surface area (Å²) in [6.07, 6.45) is 5.35. The van der Waals surface area contributed by atoms with E-state index in [2.05, 4.69) is 48.1 Å². The molecule has 2 aromatic rings. The molecule has 1 N–H and O–H groups in total. The van der Waals surface area contributed by atoms with E-state index in [-0.39, 0.29) is 5.41 Å². The third-order valence-electron chi connectivity index (χ3n) is 3.98. The van der Waals surface area contributed by atoms with Crippen LogP contribution < -0.4 is 5.32 Å². The van der Waals surface area contributed by atoms with Crippen LogP contribution in [0.4, 0.5) is 5.82 Å². The van der Waals surface area contributed by atoms with E-state index in [9.17, 15) is 0 Å². The van der Waals surface area contributed by atoms with Crippen molar-refractivity contribution >= 4 is 27.4 Å². The predicted octanol–water partition coefficient (Wildman–Crippen LogP) is 3.18. The van der Waals surface area contributed by atoms with E-state index >= 15 is 0 Å². The minimum atomic E-state index is 0.208. The highest BCUT2D eigenvalue weighted by molar-refractivity contribution is 7.19. The van der Waals surface area contributed by atoms with Crippen molar-refractivity contribution < 1.29 is 0 Å². The highest BCUT2D eigenvalue weighted by Crippen LogP contribution is 2.39. The molecule has 0 spiro atoms. The lowest BCUT2D eigenvalue weighted by Crippen LogP contribution is -2.34. The summed E-state index contributed by atoms with van der Waals surface area (Å²) < 4.78 is 0. The van der Waals surface area contributed by atoms with Gasteiger partial charge in [0.2, 0.25) is 0 Å². The van der Waals surface area contributed by atoms with Crippen molar-refractivity contribution in [3.63, 3.8) is 0 Å². The lowest BCUT2D eigenvalue weighted by Gasteiger charge is -2.28. The smallest absolute Gasteiger partial charge is 0.138 e. The van der Waals surface area contributed by atoms with E-state index in [0.717, 1.165) is 23.7 Å². The molecular formula is C16H24N4S. The second-order valence-corrected chi connectivity index (χ2v) is 8.10. The Labute approximate surface area is 130 Å². The van der Waals surface area contributed by atoms with Crippen LogP contribution in [0.1, 0.15) is 30.7 Å². The molecule has 1 aliphatic carbocycles. The van der Waals surface area contributed by atoms with Crippen LogP contribution in [-0.4, -0.2) is 42.1 Å². The Bertz CT molecular complexity index is 645. The van der Waals surface area contributed by atoms with E-state index in [4.69, 9.17) is 0 Å². The Morgan fingerprint density at radius 3 is 2.86 bits per heavy atom. The van der Waals surface area contributed by atoms with Crippen LogP contribution in [0.2, 0.25) is 0 Å². The molecule has 0 unspecified atom stereocenters. The van der Waals surface area contributed by atoms with Crippen molar-refractivity contribution in [1.82, 2.24) is 14.9 Å². The summed E-state index contributed by atoms with van der Waals surface area (Å²) >= 11 is 1.85. The second kappa shape index (κ2) is 5.54. The molecule has 5 heteroatoms. The van der Waals surface area contributed by atoms with Crippen LogP contribution in [-0.2, 0) is 12.8 Å². The Kier molecular flexibility index (Phi) is 3.88. The number of hydrogen-bond donors (Lipinski definition) is 1. The van der Waals surface area contributed by atoms with Crippen LogP contribution in [0.3, 0.4) is 0 Å². The first-order chi connectivity index (χ1) is 9.96. The molecule has 0 aliphatic heterocycles. The Hall–Kier alpha value is -1.20. The largest absolute Gasteiger partial charge is 0.369 e. The number of aromatic nitrogens is 2. The number of anilines is 1. The van der Waals surface area contributed by atoms with Gasteiger partial charge in [0.1, 0.15) is 17.0 Å². The third-order valence-corrected chi connectivity index (χ3v) is 5.18. The first-order valence-corrected chi connectivity index (χ1v) is 8.42. The molecule has 0 amide bonds. The number of fused-ring (bicyclic) bond motifs is 3. The topological polar surface area (TPSA) is 41.0 Å². The summed E-state index contributed by atoms with van der Waals surface area (Å²) in [5.74, 6) is 1.02. The molecule has 0 atom stereocenters. The second-order valence-electron chi connectivity index (χ2n) is 7.02. The summed E-state index contributed by atoms with van der Waals surface area (Å²) in [4.78, 5) is 13.9. The van der Waals surface area contributed by atoms with Gasteiger partial charge in [-0.25, -0.2) is 9.97 Å². The molecule has 3 rings (SSSR count). The molecule has 2 aromatic heterocycles. The zero-order valence-corrected chi connectivity index (χ0v) is 14.2. The van der Waals surface area contributed by atoms with E-state index in [1.54, 1.807) is 6.33 Å². The molecule has 4 nitrogen and oxygen atoms in total. The minimum Gasteiger partial charge on any atom is -0.369 e. The van der Waals surface area contributed by atoms with E-state index < -0.39 is 0 Å². The maximum Gasteiger partial charge on any atom is 0.138 e. The maximum absolute atomic E-state index is 4.51. The summed E-state index contributed by atoms with van der Waals surface area (Å²) in [5, 5.41) is 4.85. The quantitative estimate of drug-likeness (QED) is 0.921. The normalized spacial score (nSPS) is 14.9. The fourth-order valence-corrected chi connectivity index (χ4v) is 4.53. The zero-order chi connectivity index (χ0) is 15.0. The monoisotopic (exact) mass is 304 g/mol. The number of nitrogens with one attached hydrogen (secondary N) is 1. The molecule has 0 bridgehead atoms. The molecule has 0 saturated heterocycles. The van der Waals surface area contributed by atoms with Gasteiger partial charge in [0, 0.05) is 18.0 Å². The average Bonchev–Trinajstić information content (AvgIpc) is 2.94. The fraction of sp³-hybridized carbons (Fsp3) is 0.625. The summed E-state index contributed by atoms with van der Waals surface area (Å²) in [6, 6.07) is 0. The number of hydrogen-bond acceptors (Lipinski definition) is 5. The maximum atomic E-state index is 4.51. The minimum absolute atomic E-state index is 0.208. The van der Waals surface area contributed by atoms with Crippen molar-refractivity contribution in [1.29, 1.82) is 0 Å². The predicted molar refractivity (Wildman–Crippen MR) is 90.3 cm³/mol. The number of aryl methyl sites for hydroxylation is 2. The average molecular weight is 304 g/mol. The van der Waals surface area contributed by atoms with Crippen LogP contribution in [0.25, 0.3) is 10.2 Å². The van der Waals surface area contributed by atoms with Crippen molar-refractivity contribution in [2.24, 2.45) is 5.41 Å². The van der Waals surface area contributed by atoms with E-state index in [0.29, 0.717) is 0 Å². The Morgan fingerprint density at radius 2 is 2.10 bits per heavy atom. The van der Waals surface area contributed by atoms with E-state index in [1.807, 2.05) is 11.3 Å². The van der Waals surface area contributed by atoms with Crippen molar-refractivity contribution in [2.75, 3.05) is 32.5 Å². The SMILES string of the molecule is CN(C)CC(C)(C)CNc1ncnc2sc3c(c12)CCC3. The molecule has 2 heterocycles. The van der Waals surface area contributed by atoms with Crippen LogP contribution in [0.15, 0.2) is 6.33 Å². The van der Waals surface area contributed by atoms with Gasteiger partial charge in [-0.15, -0.1) is 11.3 Å². The van der Waals surface area contributed by atoms with Gasteiger partial charge in [-0.3, -0.25) is 0 Å². The highest BCUT2D eigenvalue weighted by Gasteiger charge is 2.23. The van der Waals surface area contributed by atoms with Crippen LogP contribution in [0.5, 0.6) is 0 Å². The number of nitrogens with zero attached hydrogens (tertiary/aromatic N) is 3. The van der Waals surface area contributed by atoms with Gasteiger partial charge in [-0.2, -0.15) is 0 Å². The number of thiophene rings is 1. The summed E-state index contributed by atoms with van der Waals surface area (Å²) in [5.41, 5.74) is 1.70. The fourth-order valence-electron chi connectivity index (χ4n) is 3.30. The van der Waals surface area contributed by atoms with Crippen molar-refractivity contribution in [3.05, 3.63) is 16.8 Å². The standard InChI is InChI=1S/C16H24N4S/c1-16(2,9-20(3)4)8-17-14-13-11-6-5-7-12(11)21-15(13)19-10-18-14/h10H,5-9H2,1-4H3,(H,17,18,19). The number of rotatable bonds is 5. The molecule has 1 aliphatic rings. The van der Waals surface area contributed by atoms with Crippen LogP contribution in [0, 0.1) is 5.41 Å². The van der Waals surface area contributed by atoms with Gasteiger partial charge in [0.05, 0.1) is 5.39 Å². The molecule has 0 aromatic carbocycles. The van der Waals surface area contributed by atoms with Gasteiger partial charge in [0.25, 0.3) is 0 Å². The summed E-state index contributed by atoms with van der Waals surface area (Å²) in [7, 11) is 4.24. The Morgan fingerprint density at radius 1 is 1.29 bits per heavy atom. The summed E-state index contributed by atoms with van der Waals surface area (Å²) in [6.45, 7) is 6.55. The molecular weight excluding hydrogens is 280 g/mol.